The van der Waals surface area contributed by atoms with Crippen LogP contribution in [0.3, 0.4) is 0 Å². The first-order valence-electron chi connectivity index (χ1n) is 8.49. The minimum Gasteiger partial charge on any atom is -0.365 e. The molecule has 0 bridgehead atoms. The van der Waals surface area contributed by atoms with Gasteiger partial charge in [-0.05, 0) is 43.5 Å². The molecule has 1 saturated carbocycles. The van der Waals surface area contributed by atoms with Crippen molar-refractivity contribution < 1.29 is 9.18 Å². The number of fused-ring (bicyclic) bond motifs is 1. The molecule has 2 aliphatic rings. The first-order chi connectivity index (χ1) is 11.6. The molecule has 0 saturated heterocycles. The third-order valence-corrected chi connectivity index (χ3v) is 4.85. The minimum atomic E-state index is -0.262. The Kier molecular flexibility index (Phi) is 3.55. The number of carbonyl (C=O) groups is 1. The van der Waals surface area contributed by atoms with Crippen LogP contribution in [0.15, 0.2) is 24.3 Å². The lowest BCUT2D eigenvalue weighted by Gasteiger charge is -2.38. The van der Waals surface area contributed by atoms with Crippen LogP contribution in [0.5, 0.6) is 0 Å². The molecule has 0 unspecified atom stereocenters. The van der Waals surface area contributed by atoms with E-state index >= 15 is 0 Å². The summed E-state index contributed by atoms with van der Waals surface area (Å²) in [5.74, 6) is -0.337. The van der Waals surface area contributed by atoms with Gasteiger partial charge in [0, 0.05) is 26.2 Å². The van der Waals surface area contributed by atoms with E-state index in [-0.39, 0.29) is 11.7 Å². The number of aromatic nitrogens is 2. The van der Waals surface area contributed by atoms with Crippen LogP contribution in [0.2, 0.25) is 0 Å². The second-order valence-electron chi connectivity index (χ2n) is 6.51. The lowest BCUT2D eigenvalue weighted by molar-refractivity contribution is 0.0977. The SMILES string of the molecule is CCc1cc(C(=O)N2CCN(C3CC3)c3cc(F)ccc32)n(C)n1. The van der Waals surface area contributed by atoms with E-state index in [0.29, 0.717) is 18.3 Å². The Morgan fingerprint density at radius 2 is 2.04 bits per heavy atom. The van der Waals surface area contributed by atoms with E-state index in [1.165, 1.54) is 6.07 Å². The lowest BCUT2D eigenvalue weighted by atomic mass is 10.1. The van der Waals surface area contributed by atoms with Gasteiger partial charge in [0.05, 0.1) is 17.1 Å². The number of hydrogen-bond donors (Lipinski definition) is 0. The monoisotopic (exact) mass is 328 g/mol. The van der Waals surface area contributed by atoms with E-state index in [9.17, 15) is 9.18 Å². The Bertz CT molecular complexity index is 796. The zero-order valence-corrected chi connectivity index (χ0v) is 14.0. The molecule has 0 N–H and O–H groups in total. The maximum atomic E-state index is 13.8. The number of nitrogens with zero attached hydrogens (tertiary/aromatic N) is 4. The fourth-order valence-electron chi connectivity index (χ4n) is 3.42. The lowest BCUT2D eigenvalue weighted by Crippen LogP contribution is -2.45. The predicted octanol–water partition coefficient (Wildman–Crippen LogP) is 2.75. The number of carbonyl (C=O) groups excluding carboxylic acids is 1. The van der Waals surface area contributed by atoms with Crippen molar-refractivity contribution in [1.82, 2.24) is 9.78 Å². The smallest absolute Gasteiger partial charge is 0.276 e. The van der Waals surface area contributed by atoms with E-state index in [4.69, 9.17) is 0 Å². The molecular weight excluding hydrogens is 307 g/mol. The summed E-state index contributed by atoms with van der Waals surface area (Å²) >= 11 is 0. The average molecular weight is 328 g/mol. The van der Waals surface area contributed by atoms with Crippen molar-refractivity contribution in [1.29, 1.82) is 0 Å². The molecule has 1 aromatic carbocycles. The standard InChI is InChI=1S/C18H21FN4O/c1-3-13-11-17(21(2)20-13)18(24)23-9-8-22(14-5-6-14)16-10-12(19)4-7-15(16)23/h4,7,10-11,14H,3,5-6,8-9H2,1-2H3. The fourth-order valence-corrected chi connectivity index (χ4v) is 3.42. The number of aryl methyl sites for hydroxylation is 2. The summed E-state index contributed by atoms with van der Waals surface area (Å²) in [6.07, 6.45) is 3.08. The van der Waals surface area contributed by atoms with E-state index in [2.05, 4.69) is 10.00 Å². The van der Waals surface area contributed by atoms with Crippen LogP contribution in [0.1, 0.15) is 35.9 Å². The highest BCUT2D eigenvalue weighted by atomic mass is 19.1. The summed E-state index contributed by atoms with van der Waals surface area (Å²) in [6, 6.07) is 7.03. The maximum Gasteiger partial charge on any atom is 0.276 e. The topological polar surface area (TPSA) is 41.4 Å². The van der Waals surface area contributed by atoms with E-state index < -0.39 is 0 Å². The molecule has 0 radical (unpaired) electrons. The van der Waals surface area contributed by atoms with Crippen LogP contribution in [-0.4, -0.2) is 34.8 Å². The predicted molar refractivity (Wildman–Crippen MR) is 91.0 cm³/mol. The molecule has 1 fully saturated rings. The maximum absolute atomic E-state index is 13.8. The van der Waals surface area contributed by atoms with Crippen molar-refractivity contribution in [3.8, 4) is 0 Å². The normalized spacial score (nSPS) is 17.1. The molecule has 1 aromatic heterocycles. The highest BCUT2D eigenvalue weighted by molar-refractivity contribution is 6.07. The summed E-state index contributed by atoms with van der Waals surface area (Å²) in [5, 5.41) is 4.37. The molecule has 24 heavy (non-hydrogen) atoms. The number of anilines is 2. The molecule has 0 atom stereocenters. The first kappa shape index (κ1) is 15.2. The average Bonchev–Trinajstić information content (AvgIpc) is 3.35. The molecule has 1 aliphatic carbocycles. The van der Waals surface area contributed by atoms with E-state index in [1.54, 1.807) is 28.8 Å². The molecule has 2 heterocycles. The van der Waals surface area contributed by atoms with Crippen molar-refractivity contribution in [2.24, 2.45) is 7.05 Å². The van der Waals surface area contributed by atoms with Crippen molar-refractivity contribution >= 4 is 17.3 Å². The summed E-state index contributed by atoms with van der Waals surface area (Å²) in [4.78, 5) is 17.0. The molecule has 2 aromatic rings. The first-order valence-corrected chi connectivity index (χ1v) is 8.49. The van der Waals surface area contributed by atoms with E-state index in [0.717, 1.165) is 42.9 Å². The molecule has 4 rings (SSSR count). The number of halogens is 1. The second kappa shape index (κ2) is 5.61. The Balaban J connectivity index is 1.72. The molecule has 6 heteroatoms. The van der Waals surface area contributed by atoms with Gasteiger partial charge in [-0.3, -0.25) is 9.48 Å². The van der Waals surface area contributed by atoms with Crippen molar-refractivity contribution in [2.45, 2.75) is 32.2 Å². The number of hydrogen-bond acceptors (Lipinski definition) is 3. The van der Waals surface area contributed by atoms with Gasteiger partial charge in [0.2, 0.25) is 0 Å². The van der Waals surface area contributed by atoms with Gasteiger partial charge in [0.15, 0.2) is 0 Å². The van der Waals surface area contributed by atoms with Gasteiger partial charge in [0.1, 0.15) is 11.5 Å². The van der Waals surface area contributed by atoms with E-state index in [1.807, 2.05) is 13.0 Å². The Morgan fingerprint density at radius 1 is 1.25 bits per heavy atom. The molecule has 0 spiro atoms. The zero-order chi connectivity index (χ0) is 16.8. The van der Waals surface area contributed by atoms with Crippen molar-refractivity contribution in [3.05, 3.63) is 41.5 Å². The van der Waals surface area contributed by atoms with Gasteiger partial charge in [-0.25, -0.2) is 4.39 Å². The molecule has 1 amide bonds. The van der Waals surface area contributed by atoms with Crippen LogP contribution >= 0.6 is 0 Å². The van der Waals surface area contributed by atoms with Crippen LogP contribution in [0.4, 0.5) is 15.8 Å². The summed E-state index contributed by atoms with van der Waals surface area (Å²) in [7, 11) is 1.79. The highest BCUT2D eigenvalue weighted by Crippen LogP contribution is 2.40. The molecule has 1 aliphatic heterocycles. The van der Waals surface area contributed by atoms with Gasteiger partial charge in [0.25, 0.3) is 5.91 Å². The van der Waals surface area contributed by atoms with Gasteiger partial charge >= 0.3 is 0 Å². The summed E-state index contributed by atoms with van der Waals surface area (Å²) in [5.41, 5.74) is 3.09. The number of rotatable bonds is 3. The zero-order valence-electron chi connectivity index (χ0n) is 14.0. The largest absolute Gasteiger partial charge is 0.365 e. The van der Waals surface area contributed by atoms with Gasteiger partial charge in [-0.1, -0.05) is 6.92 Å². The fraction of sp³-hybridized carbons (Fsp3) is 0.444. The van der Waals surface area contributed by atoms with Gasteiger partial charge < -0.3 is 9.80 Å². The van der Waals surface area contributed by atoms with Crippen LogP contribution < -0.4 is 9.80 Å². The number of benzene rings is 1. The Hall–Kier alpha value is -2.37. The third-order valence-electron chi connectivity index (χ3n) is 4.85. The van der Waals surface area contributed by atoms with Crippen LogP contribution in [0, 0.1) is 5.82 Å². The Morgan fingerprint density at radius 3 is 2.71 bits per heavy atom. The third kappa shape index (κ3) is 2.46. The molecular formula is C18H21FN4O. The van der Waals surface area contributed by atoms with Crippen LogP contribution in [-0.2, 0) is 13.5 Å². The number of amides is 1. The second-order valence-corrected chi connectivity index (χ2v) is 6.51. The van der Waals surface area contributed by atoms with Gasteiger partial charge in [-0.15, -0.1) is 0 Å². The summed E-state index contributed by atoms with van der Waals surface area (Å²) in [6.45, 7) is 3.37. The summed E-state index contributed by atoms with van der Waals surface area (Å²) < 4.78 is 15.4. The van der Waals surface area contributed by atoms with Crippen LogP contribution in [0.25, 0.3) is 0 Å². The Labute approximate surface area is 140 Å². The molecule has 126 valence electrons. The van der Waals surface area contributed by atoms with Crippen molar-refractivity contribution in [2.75, 3.05) is 22.9 Å². The van der Waals surface area contributed by atoms with Crippen molar-refractivity contribution in [3.63, 3.8) is 0 Å². The van der Waals surface area contributed by atoms with Gasteiger partial charge in [-0.2, -0.15) is 5.10 Å². The minimum absolute atomic E-state index is 0.0759. The quantitative estimate of drug-likeness (QED) is 0.870. The molecule has 5 nitrogen and oxygen atoms in total. The highest BCUT2D eigenvalue weighted by Gasteiger charge is 2.36.